The van der Waals surface area contributed by atoms with Gasteiger partial charge in [-0.15, -0.1) is 0 Å². The quantitative estimate of drug-likeness (QED) is 0.120. The number of rotatable bonds is 6. The Morgan fingerprint density at radius 1 is 0.213 bits per heavy atom. The van der Waals surface area contributed by atoms with Crippen LogP contribution in [0.4, 0.5) is 17.1 Å². The Balaban J connectivity index is 1.12. The number of hydrogen-bond donors (Lipinski definition) is 0. The van der Waals surface area contributed by atoms with Gasteiger partial charge in [-0.05, 0) is 140 Å². The SMILES string of the molecule is c1ccc(N(c2ccccc2)c2ccc(-c3c4ccccc4c(-c4ccc(-c5c6ccccc6cc6ccccc56)cc4)c4c5ccccc5c5ccccc5c34)cc2)cc1. The zero-order chi connectivity index (χ0) is 40.3. The molecule has 284 valence electrons. The Kier molecular flexibility index (Phi) is 8.25. The first-order valence-corrected chi connectivity index (χ1v) is 21.1. The number of hydrogen-bond acceptors (Lipinski definition) is 1. The summed E-state index contributed by atoms with van der Waals surface area (Å²) in [6.45, 7) is 0. The van der Waals surface area contributed by atoms with Crippen molar-refractivity contribution < 1.29 is 0 Å². The molecular formula is C60H39N. The number of benzene rings is 12. The van der Waals surface area contributed by atoms with Gasteiger partial charge in [-0.1, -0.05) is 194 Å². The van der Waals surface area contributed by atoms with Crippen LogP contribution in [0.1, 0.15) is 0 Å². The van der Waals surface area contributed by atoms with Crippen LogP contribution in [0, 0.1) is 0 Å². The molecule has 0 saturated carbocycles. The molecular weight excluding hydrogens is 735 g/mol. The second-order valence-electron chi connectivity index (χ2n) is 16.0. The van der Waals surface area contributed by atoms with Crippen molar-refractivity contribution in [3.05, 3.63) is 237 Å². The van der Waals surface area contributed by atoms with Crippen molar-refractivity contribution in [1.29, 1.82) is 0 Å². The minimum absolute atomic E-state index is 1.11. The van der Waals surface area contributed by atoms with Crippen LogP contribution in [0.15, 0.2) is 237 Å². The van der Waals surface area contributed by atoms with E-state index in [2.05, 4.69) is 241 Å². The van der Waals surface area contributed by atoms with Crippen molar-refractivity contribution in [3.63, 3.8) is 0 Å². The molecule has 12 rings (SSSR count). The molecule has 0 aliphatic carbocycles. The van der Waals surface area contributed by atoms with Crippen molar-refractivity contribution in [1.82, 2.24) is 0 Å². The monoisotopic (exact) mass is 773 g/mol. The molecule has 1 heteroatoms. The number of nitrogens with zero attached hydrogens (tertiary/aromatic N) is 1. The Hall–Kier alpha value is -8.00. The summed E-state index contributed by atoms with van der Waals surface area (Å²) in [4.78, 5) is 2.33. The van der Waals surface area contributed by atoms with Gasteiger partial charge in [-0.3, -0.25) is 0 Å². The van der Waals surface area contributed by atoms with Crippen molar-refractivity contribution in [3.8, 4) is 33.4 Å². The van der Waals surface area contributed by atoms with Crippen molar-refractivity contribution in [2.75, 3.05) is 4.90 Å². The molecule has 0 saturated heterocycles. The standard InChI is InChI=1S/C60H39N/c1-3-19-45(20-4-1)61(46-21-5-2-6-22-46)47-37-35-42(36-38-47)58-55-30-16-15-29-54(55)57(59-52-27-13-11-25-50(52)51-26-12-14-28-53(51)60(58)59)41-33-31-40(32-34-41)56-48-23-9-7-17-43(48)39-44-18-8-10-24-49(44)56/h1-39H. The maximum atomic E-state index is 2.35. The van der Waals surface area contributed by atoms with Gasteiger partial charge in [0.05, 0.1) is 0 Å². The smallest absolute Gasteiger partial charge is 0.0462 e. The lowest BCUT2D eigenvalue weighted by Gasteiger charge is -2.26. The summed E-state index contributed by atoms with van der Waals surface area (Å²) < 4.78 is 0. The van der Waals surface area contributed by atoms with E-state index in [0.717, 1.165) is 17.1 Å². The topological polar surface area (TPSA) is 3.24 Å². The second kappa shape index (κ2) is 14.4. The molecule has 12 aromatic rings. The first-order chi connectivity index (χ1) is 30.3. The van der Waals surface area contributed by atoms with Crippen LogP contribution < -0.4 is 4.90 Å². The lowest BCUT2D eigenvalue weighted by molar-refractivity contribution is 1.28. The number of anilines is 3. The molecule has 0 fully saturated rings. The highest BCUT2D eigenvalue weighted by Crippen LogP contribution is 2.50. The zero-order valence-electron chi connectivity index (χ0n) is 33.5. The Morgan fingerprint density at radius 2 is 0.525 bits per heavy atom. The third-order valence-corrected chi connectivity index (χ3v) is 12.6. The normalized spacial score (nSPS) is 11.6. The molecule has 0 N–H and O–H groups in total. The highest BCUT2D eigenvalue weighted by Gasteiger charge is 2.22. The Labute approximate surface area is 355 Å². The maximum Gasteiger partial charge on any atom is 0.0462 e. The van der Waals surface area contributed by atoms with Crippen molar-refractivity contribution >= 4 is 81.7 Å². The lowest BCUT2D eigenvalue weighted by Crippen LogP contribution is -2.09. The molecule has 0 amide bonds. The largest absolute Gasteiger partial charge is 0.311 e. The van der Waals surface area contributed by atoms with Crippen LogP contribution in [-0.4, -0.2) is 0 Å². The third kappa shape index (κ3) is 5.70. The van der Waals surface area contributed by atoms with Gasteiger partial charge in [0, 0.05) is 17.1 Å². The van der Waals surface area contributed by atoms with Crippen LogP contribution in [-0.2, 0) is 0 Å². The van der Waals surface area contributed by atoms with E-state index in [9.17, 15) is 0 Å². The van der Waals surface area contributed by atoms with Crippen LogP contribution in [0.3, 0.4) is 0 Å². The van der Waals surface area contributed by atoms with Crippen LogP contribution in [0.5, 0.6) is 0 Å². The molecule has 61 heavy (non-hydrogen) atoms. The predicted molar refractivity (Wildman–Crippen MR) is 262 cm³/mol. The fourth-order valence-corrected chi connectivity index (χ4v) is 9.96. The Morgan fingerprint density at radius 3 is 0.967 bits per heavy atom. The molecule has 0 spiro atoms. The fourth-order valence-electron chi connectivity index (χ4n) is 9.96. The number of para-hydroxylation sites is 2. The zero-order valence-corrected chi connectivity index (χ0v) is 33.5. The number of fused-ring (bicyclic) bond motifs is 9. The van der Waals surface area contributed by atoms with Crippen LogP contribution in [0.25, 0.3) is 98.0 Å². The minimum Gasteiger partial charge on any atom is -0.311 e. The van der Waals surface area contributed by atoms with Gasteiger partial charge in [0.2, 0.25) is 0 Å². The highest BCUT2D eigenvalue weighted by molar-refractivity contribution is 6.36. The van der Waals surface area contributed by atoms with Gasteiger partial charge < -0.3 is 4.90 Å². The van der Waals surface area contributed by atoms with Gasteiger partial charge in [0.15, 0.2) is 0 Å². The van der Waals surface area contributed by atoms with Gasteiger partial charge in [-0.2, -0.15) is 0 Å². The third-order valence-electron chi connectivity index (χ3n) is 12.6. The van der Waals surface area contributed by atoms with Gasteiger partial charge in [0.25, 0.3) is 0 Å². The summed E-state index contributed by atoms with van der Waals surface area (Å²) in [6, 6.07) is 86.7. The molecule has 0 aromatic heterocycles. The molecule has 0 radical (unpaired) electrons. The molecule has 12 aromatic carbocycles. The average molecular weight is 774 g/mol. The van der Waals surface area contributed by atoms with Crippen molar-refractivity contribution in [2.24, 2.45) is 0 Å². The van der Waals surface area contributed by atoms with E-state index in [0.29, 0.717) is 0 Å². The molecule has 0 heterocycles. The van der Waals surface area contributed by atoms with Gasteiger partial charge in [0.1, 0.15) is 0 Å². The average Bonchev–Trinajstić information content (AvgIpc) is 3.34. The molecule has 1 nitrogen and oxygen atoms in total. The van der Waals surface area contributed by atoms with Crippen LogP contribution in [0.2, 0.25) is 0 Å². The van der Waals surface area contributed by atoms with E-state index in [1.807, 2.05) is 0 Å². The summed E-state index contributed by atoms with van der Waals surface area (Å²) in [5, 5.41) is 15.2. The maximum absolute atomic E-state index is 2.35. The van der Waals surface area contributed by atoms with E-state index in [1.54, 1.807) is 0 Å². The lowest BCUT2D eigenvalue weighted by atomic mass is 9.81. The fraction of sp³-hybridized carbons (Fsp3) is 0. The Bertz CT molecular complexity index is 3510. The van der Waals surface area contributed by atoms with Gasteiger partial charge in [-0.25, -0.2) is 0 Å². The summed E-state index contributed by atoms with van der Waals surface area (Å²) in [5.74, 6) is 0. The first-order valence-electron chi connectivity index (χ1n) is 21.1. The van der Waals surface area contributed by atoms with E-state index in [1.165, 1.54) is 98.0 Å². The van der Waals surface area contributed by atoms with Crippen LogP contribution >= 0.6 is 0 Å². The molecule has 0 bridgehead atoms. The van der Waals surface area contributed by atoms with E-state index in [-0.39, 0.29) is 0 Å². The summed E-state index contributed by atoms with van der Waals surface area (Å²) >= 11 is 0. The van der Waals surface area contributed by atoms with E-state index < -0.39 is 0 Å². The minimum atomic E-state index is 1.11. The second-order valence-corrected chi connectivity index (χ2v) is 16.0. The predicted octanol–water partition coefficient (Wildman–Crippen LogP) is 17.1. The van der Waals surface area contributed by atoms with Crippen molar-refractivity contribution in [2.45, 2.75) is 0 Å². The summed E-state index contributed by atoms with van der Waals surface area (Å²) in [7, 11) is 0. The molecule has 0 unspecified atom stereocenters. The highest BCUT2D eigenvalue weighted by atomic mass is 15.1. The van der Waals surface area contributed by atoms with Gasteiger partial charge >= 0.3 is 0 Å². The molecule has 0 aliphatic rings. The summed E-state index contributed by atoms with van der Waals surface area (Å²) in [5.41, 5.74) is 10.8. The summed E-state index contributed by atoms with van der Waals surface area (Å²) in [6.07, 6.45) is 0. The molecule has 0 atom stereocenters. The first kappa shape index (κ1) is 35.0. The van der Waals surface area contributed by atoms with E-state index in [4.69, 9.17) is 0 Å². The van der Waals surface area contributed by atoms with E-state index >= 15 is 0 Å². The molecule has 0 aliphatic heterocycles.